The van der Waals surface area contributed by atoms with Gasteiger partial charge in [-0.15, -0.1) is 0 Å². The molecule has 1 unspecified atom stereocenters. The van der Waals surface area contributed by atoms with Gasteiger partial charge < -0.3 is 9.80 Å². The van der Waals surface area contributed by atoms with Crippen LogP contribution in [0.5, 0.6) is 0 Å². The van der Waals surface area contributed by atoms with E-state index < -0.39 is 0 Å². The normalized spacial score (nSPS) is 15.7. The van der Waals surface area contributed by atoms with Gasteiger partial charge in [0.15, 0.2) is 0 Å². The fraction of sp³-hybridized carbons (Fsp3) is 0.538. The number of alkyl halides is 1. The molecular weight excluding hydrogens is 481 g/mol. The Morgan fingerprint density at radius 1 is 0.900 bits per heavy atom. The van der Waals surface area contributed by atoms with Crippen molar-refractivity contribution >= 4 is 28.3 Å². The lowest BCUT2D eigenvalue weighted by atomic mass is 10.0. The Morgan fingerprint density at radius 2 is 1.63 bits per heavy atom. The van der Waals surface area contributed by atoms with Crippen molar-refractivity contribution in [2.24, 2.45) is 0 Å². The maximum atomic E-state index is 2.62. The van der Waals surface area contributed by atoms with Crippen LogP contribution in [0.15, 0.2) is 48.5 Å². The monoisotopic (exact) mass is 519 g/mol. The summed E-state index contributed by atoms with van der Waals surface area (Å²) in [6.45, 7) is 8.86. The van der Waals surface area contributed by atoms with Gasteiger partial charge in [-0.05, 0) is 62.5 Å². The molecule has 0 aromatic heterocycles. The lowest BCUT2D eigenvalue weighted by Gasteiger charge is -2.32. The Bertz CT molecular complexity index is 768. The number of hydrogen-bond acceptors (Lipinski definition) is 3. The quantitative estimate of drug-likeness (QED) is 0.299. The first-order valence-corrected chi connectivity index (χ1v) is 12.7. The highest BCUT2D eigenvalue weighted by atomic mass is 127. The first kappa shape index (κ1) is 23.6. The molecule has 0 amide bonds. The van der Waals surface area contributed by atoms with Crippen LogP contribution in [0.25, 0.3) is 0 Å². The smallest absolute Gasteiger partial charge is 0.0411 e. The van der Waals surface area contributed by atoms with Crippen molar-refractivity contribution in [3.05, 3.63) is 65.2 Å². The van der Waals surface area contributed by atoms with E-state index in [1.807, 2.05) is 0 Å². The van der Waals surface area contributed by atoms with Crippen LogP contribution in [0.1, 0.15) is 42.9 Å². The minimum atomic E-state index is 0.666. The van der Waals surface area contributed by atoms with Crippen molar-refractivity contribution in [3.8, 4) is 0 Å². The first-order valence-electron chi connectivity index (χ1n) is 11.4. The molecule has 0 aliphatic carbocycles. The second-order valence-corrected chi connectivity index (χ2v) is 11.1. The third-order valence-corrected chi connectivity index (χ3v) is 6.30. The maximum Gasteiger partial charge on any atom is 0.0411 e. The van der Waals surface area contributed by atoms with Gasteiger partial charge in [0.2, 0.25) is 0 Å². The molecule has 2 aromatic rings. The van der Waals surface area contributed by atoms with Gasteiger partial charge in [-0.2, -0.15) is 0 Å². The number of piperidine rings is 1. The minimum absolute atomic E-state index is 0.666. The third kappa shape index (κ3) is 7.54. The van der Waals surface area contributed by atoms with Gasteiger partial charge in [0.25, 0.3) is 0 Å². The van der Waals surface area contributed by atoms with Crippen LogP contribution < -0.4 is 4.90 Å². The molecule has 30 heavy (non-hydrogen) atoms. The van der Waals surface area contributed by atoms with E-state index in [1.165, 1.54) is 54.7 Å². The summed E-state index contributed by atoms with van der Waals surface area (Å²) in [6.07, 6.45) is 5.16. The zero-order valence-corrected chi connectivity index (χ0v) is 21.1. The minimum Gasteiger partial charge on any atom is -0.371 e. The topological polar surface area (TPSA) is 9.72 Å². The highest BCUT2D eigenvalue weighted by Crippen LogP contribution is 2.26. The molecule has 3 nitrogen and oxygen atoms in total. The Labute approximate surface area is 197 Å². The van der Waals surface area contributed by atoms with Gasteiger partial charge in [0.05, 0.1) is 0 Å². The molecule has 1 saturated heterocycles. The molecule has 0 spiro atoms. The van der Waals surface area contributed by atoms with E-state index in [-0.39, 0.29) is 0 Å². The summed E-state index contributed by atoms with van der Waals surface area (Å²) in [7, 11) is 4.34. The summed E-state index contributed by atoms with van der Waals surface area (Å²) in [4.78, 5) is 7.51. The van der Waals surface area contributed by atoms with E-state index in [9.17, 15) is 0 Å². The van der Waals surface area contributed by atoms with Crippen molar-refractivity contribution in [1.29, 1.82) is 0 Å². The standard InChI is InChI=1S/C26H38IN3/c1-22(27)18-23-10-9-11-24(19-23)20-29(17-16-28(2)3)21-25-12-5-6-13-26(25)30-14-7-4-8-15-30/h5-6,9-13,19,22H,4,7-8,14-18,20-21H2,1-3H3. The molecule has 1 aliphatic rings. The Morgan fingerprint density at radius 3 is 2.37 bits per heavy atom. The predicted octanol–water partition coefficient (Wildman–Crippen LogP) is 5.61. The molecule has 3 rings (SSSR count). The summed E-state index contributed by atoms with van der Waals surface area (Å²) in [5.74, 6) is 0. The fourth-order valence-corrected chi connectivity index (χ4v) is 4.83. The summed E-state index contributed by atoms with van der Waals surface area (Å²) < 4.78 is 0.666. The van der Waals surface area contributed by atoms with Crippen molar-refractivity contribution in [2.45, 2.75) is 49.6 Å². The number of halogens is 1. The van der Waals surface area contributed by atoms with Gasteiger partial charge in [-0.3, -0.25) is 4.90 Å². The van der Waals surface area contributed by atoms with Crippen molar-refractivity contribution < 1.29 is 0 Å². The average molecular weight is 520 g/mol. The molecule has 0 radical (unpaired) electrons. The maximum absolute atomic E-state index is 2.62. The third-order valence-electron chi connectivity index (χ3n) is 5.86. The summed E-state index contributed by atoms with van der Waals surface area (Å²) in [5, 5.41) is 0. The van der Waals surface area contributed by atoms with E-state index >= 15 is 0 Å². The van der Waals surface area contributed by atoms with Crippen LogP contribution in [0.2, 0.25) is 0 Å². The van der Waals surface area contributed by atoms with Gasteiger partial charge in [-0.1, -0.05) is 72.0 Å². The molecular formula is C26H38IN3. The zero-order chi connectivity index (χ0) is 21.3. The highest BCUT2D eigenvalue weighted by Gasteiger charge is 2.16. The lowest BCUT2D eigenvalue weighted by Crippen LogP contribution is -2.33. The van der Waals surface area contributed by atoms with E-state index in [0.29, 0.717) is 3.92 Å². The second kappa shape index (κ2) is 12.1. The average Bonchev–Trinajstić information content (AvgIpc) is 2.73. The summed E-state index contributed by atoms with van der Waals surface area (Å²) in [5.41, 5.74) is 5.80. The Kier molecular flexibility index (Phi) is 9.47. The van der Waals surface area contributed by atoms with E-state index in [0.717, 1.165) is 32.6 Å². The largest absolute Gasteiger partial charge is 0.371 e. The number of rotatable bonds is 10. The molecule has 1 atom stereocenters. The highest BCUT2D eigenvalue weighted by molar-refractivity contribution is 14.1. The van der Waals surface area contributed by atoms with Crippen LogP contribution in [0, 0.1) is 0 Å². The van der Waals surface area contributed by atoms with Crippen LogP contribution in [-0.4, -0.2) is 54.0 Å². The van der Waals surface area contributed by atoms with Gasteiger partial charge in [0.1, 0.15) is 0 Å². The number of anilines is 1. The number of hydrogen-bond donors (Lipinski definition) is 0. The van der Waals surface area contributed by atoms with Crippen LogP contribution in [0.4, 0.5) is 5.69 Å². The first-order chi connectivity index (χ1) is 14.5. The van der Waals surface area contributed by atoms with E-state index in [2.05, 4.69) is 107 Å². The predicted molar refractivity (Wildman–Crippen MR) is 139 cm³/mol. The number of likely N-dealkylation sites (N-methyl/N-ethyl adjacent to an activating group) is 1. The lowest BCUT2D eigenvalue weighted by molar-refractivity contribution is 0.226. The molecule has 1 fully saturated rings. The SMILES string of the molecule is CC(I)Cc1cccc(CN(CCN(C)C)Cc2ccccc2N2CCCCC2)c1. The Balaban J connectivity index is 1.76. The molecule has 1 aliphatic heterocycles. The molecule has 0 N–H and O–H groups in total. The molecule has 0 bridgehead atoms. The molecule has 0 saturated carbocycles. The number of nitrogens with zero attached hydrogens (tertiary/aromatic N) is 3. The zero-order valence-electron chi connectivity index (χ0n) is 19.0. The number of para-hydroxylation sites is 1. The summed E-state index contributed by atoms with van der Waals surface area (Å²) in [6, 6.07) is 18.3. The van der Waals surface area contributed by atoms with Gasteiger partial charge in [0, 0.05) is 48.9 Å². The Hall–Kier alpha value is -1.11. The molecule has 2 aromatic carbocycles. The second-order valence-electron chi connectivity index (χ2n) is 9.00. The van der Waals surface area contributed by atoms with Crippen molar-refractivity contribution in [1.82, 2.24) is 9.80 Å². The number of benzene rings is 2. The molecule has 1 heterocycles. The fourth-order valence-electron chi connectivity index (χ4n) is 4.32. The summed E-state index contributed by atoms with van der Waals surface area (Å²) >= 11 is 2.52. The van der Waals surface area contributed by atoms with Crippen LogP contribution in [0.3, 0.4) is 0 Å². The molecule has 164 valence electrons. The van der Waals surface area contributed by atoms with Crippen molar-refractivity contribution in [3.63, 3.8) is 0 Å². The van der Waals surface area contributed by atoms with Gasteiger partial charge in [-0.25, -0.2) is 0 Å². The van der Waals surface area contributed by atoms with E-state index in [4.69, 9.17) is 0 Å². The van der Waals surface area contributed by atoms with Gasteiger partial charge >= 0.3 is 0 Å². The van der Waals surface area contributed by atoms with Crippen LogP contribution in [-0.2, 0) is 19.5 Å². The van der Waals surface area contributed by atoms with Crippen molar-refractivity contribution in [2.75, 3.05) is 45.2 Å². The molecule has 4 heteroatoms. The van der Waals surface area contributed by atoms with E-state index in [1.54, 1.807) is 0 Å². The van der Waals surface area contributed by atoms with Crippen LogP contribution >= 0.6 is 22.6 Å².